The molecule has 0 unspecified atom stereocenters. The molecule has 1 aromatic carbocycles. The second-order valence-electron chi connectivity index (χ2n) is 7.09. The number of nitrogens with one attached hydrogen (secondary N) is 1. The number of benzene rings is 1. The van der Waals surface area contributed by atoms with Crippen LogP contribution in [0.2, 0.25) is 0 Å². The lowest BCUT2D eigenvalue weighted by Crippen LogP contribution is -2.39. The van der Waals surface area contributed by atoms with Crippen molar-refractivity contribution in [1.29, 1.82) is 0 Å². The fraction of sp³-hybridized carbons (Fsp3) is 0.391. The number of amides is 2. The van der Waals surface area contributed by atoms with Crippen LogP contribution in [0, 0.1) is 0 Å². The van der Waals surface area contributed by atoms with Gasteiger partial charge in [0.1, 0.15) is 5.75 Å². The summed E-state index contributed by atoms with van der Waals surface area (Å²) in [6.07, 6.45) is 9.65. The lowest BCUT2D eigenvalue weighted by atomic mass is 10.0. The van der Waals surface area contributed by atoms with Crippen molar-refractivity contribution in [2.75, 3.05) is 18.4 Å². The van der Waals surface area contributed by atoms with Crippen LogP contribution in [0.3, 0.4) is 0 Å². The zero-order valence-corrected chi connectivity index (χ0v) is 16.7. The molecule has 5 nitrogen and oxygen atoms in total. The number of ether oxygens (including phenoxy) is 1. The van der Waals surface area contributed by atoms with Crippen molar-refractivity contribution in [3.05, 3.63) is 59.9 Å². The highest BCUT2D eigenvalue weighted by Gasteiger charge is 2.19. The van der Waals surface area contributed by atoms with E-state index in [1.54, 1.807) is 12.4 Å². The molecule has 1 fully saturated rings. The van der Waals surface area contributed by atoms with Gasteiger partial charge in [-0.1, -0.05) is 37.6 Å². The van der Waals surface area contributed by atoms with E-state index in [1.165, 1.54) is 5.57 Å². The zero-order chi connectivity index (χ0) is 19.8. The Bertz CT molecular complexity index is 791. The number of rotatable bonds is 6. The average Bonchev–Trinajstić information content (AvgIpc) is 2.73. The van der Waals surface area contributed by atoms with Gasteiger partial charge in [0.2, 0.25) is 0 Å². The molecule has 1 saturated heterocycles. The number of likely N-dealkylation sites (tertiary alicyclic amines) is 1. The van der Waals surface area contributed by atoms with Crippen molar-refractivity contribution in [2.24, 2.45) is 0 Å². The quantitative estimate of drug-likeness (QED) is 0.735. The Balaban J connectivity index is 1.55. The van der Waals surface area contributed by atoms with E-state index in [-0.39, 0.29) is 12.1 Å². The number of pyridine rings is 1. The summed E-state index contributed by atoms with van der Waals surface area (Å²) in [5.74, 6) is 0.927. The van der Waals surface area contributed by atoms with Gasteiger partial charge in [-0.15, -0.1) is 0 Å². The maximum atomic E-state index is 12.4. The van der Waals surface area contributed by atoms with Gasteiger partial charge in [0.15, 0.2) is 0 Å². The molecular weight excluding hydrogens is 350 g/mol. The van der Waals surface area contributed by atoms with Crippen LogP contribution in [0.1, 0.15) is 45.1 Å². The Hall–Kier alpha value is -2.82. The van der Waals surface area contributed by atoms with E-state index >= 15 is 0 Å². The van der Waals surface area contributed by atoms with Crippen molar-refractivity contribution in [3.63, 3.8) is 0 Å². The third kappa shape index (κ3) is 5.59. The molecule has 1 aliphatic heterocycles. The Labute approximate surface area is 167 Å². The fourth-order valence-corrected chi connectivity index (χ4v) is 3.34. The summed E-state index contributed by atoms with van der Waals surface area (Å²) >= 11 is 0. The molecule has 0 bridgehead atoms. The van der Waals surface area contributed by atoms with Crippen molar-refractivity contribution in [3.8, 4) is 5.75 Å². The van der Waals surface area contributed by atoms with E-state index in [1.807, 2.05) is 29.2 Å². The number of hydrogen-bond donors (Lipinski definition) is 1. The highest BCUT2D eigenvalue weighted by Crippen LogP contribution is 2.23. The van der Waals surface area contributed by atoms with Crippen LogP contribution in [-0.2, 0) is 0 Å². The van der Waals surface area contributed by atoms with Crippen LogP contribution in [0.4, 0.5) is 10.5 Å². The van der Waals surface area contributed by atoms with Gasteiger partial charge in [-0.05, 0) is 55.5 Å². The molecule has 0 spiro atoms. The molecule has 5 heteroatoms. The number of hydrogen-bond acceptors (Lipinski definition) is 3. The summed E-state index contributed by atoms with van der Waals surface area (Å²) in [6, 6.07) is 11.9. The van der Waals surface area contributed by atoms with E-state index in [9.17, 15) is 4.79 Å². The molecule has 0 atom stereocenters. The Morgan fingerprint density at radius 2 is 2.00 bits per heavy atom. The van der Waals surface area contributed by atoms with Crippen LogP contribution in [0.25, 0.3) is 6.08 Å². The van der Waals surface area contributed by atoms with E-state index in [0.717, 1.165) is 55.8 Å². The number of nitrogens with zero attached hydrogens (tertiary/aromatic N) is 2. The van der Waals surface area contributed by atoms with Crippen LogP contribution in [0.5, 0.6) is 5.75 Å². The van der Waals surface area contributed by atoms with Crippen LogP contribution >= 0.6 is 0 Å². The van der Waals surface area contributed by atoms with Crippen molar-refractivity contribution in [2.45, 2.75) is 45.6 Å². The number of anilines is 1. The second-order valence-corrected chi connectivity index (χ2v) is 7.09. The normalized spacial score (nSPS) is 14.1. The molecule has 0 saturated carbocycles. The molecule has 1 aliphatic rings. The lowest BCUT2D eigenvalue weighted by Gasteiger charge is -2.28. The molecule has 2 amide bonds. The second kappa shape index (κ2) is 9.93. The van der Waals surface area contributed by atoms with Gasteiger partial charge >= 0.3 is 6.03 Å². The van der Waals surface area contributed by atoms with Gasteiger partial charge in [0, 0.05) is 19.3 Å². The predicted octanol–water partition coefficient (Wildman–Crippen LogP) is 5.36. The third-order valence-corrected chi connectivity index (χ3v) is 5.05. The number of carbonyl (C=O) groups is 1. The van der Waals surface area contributed by atoms with Gasteiger partial charge in [-0.25, -0.2) is 4.79 Å². The van der Waals surface area contributed by atoms with Crippen molar-refractivity contribution >= 4 is 17.8 Å². The smallest absolute Gasteiger partial charge is 0.321 e. The molecular formula is C23H29N3O2. The molecule has 2 heterocycles. The molecule has 28 heavy (non-hydrogen) atoms. The Kier molecular flexibility index (Phi) is 7.06. The number of carbonyl (C=O) groups excluding carboxylic acids is 1. The summed E-state index contributed by atoms with van der Waals surface area (Å²) < 4.78 is 6.05. The molecule has 2 aromatic rings. The largest absolute Gasteiger partial charge is 0.490 e. The van der Waals surface area contributed by atoms with Crippen LogP contribution in [0.15, 0.2) is 54.4 Å². The highest BCUT2D eigenvalue weighted by molar-refractivity contribution is 5.89. The highest BCUT2D eigenvalue weighted by atomic mass is 16.5. The topological polar surface area (TPSA) is 54.5 Å². The van der Waals surface area contributed by atoms with E-state index in [2.05, 4.69) is 42.4 Å². The molecule has 148 valence electrons. The zero-order valence-electron chi connectivity index (χ0n) is 16.7. The third-order valence-electron chi connectivity index (χ3n) is 5.05. The number of aromatic nitrogens is 1. The first kappa shape index (κ1) is 19.9. The SMILES string of the molecule is CCC(CC)Oc1cccc(C=C2CCN(C(=O)Nc3cccnc3)CC2)c1. The first-order chi connectivity index (χ1) is 13.7. The monoisotopic (exact) mass is 379 g/mol. The Morgan fingerprint density at radius 1 is 1.21 bits per heavy atom. The maximum Gasteiger partial charge on any atom is 0.321 e. The molecule has 3 rings (SSSR count). The first-order valence-electron chi connectivity index (χ1n) is 10.1. The molecule has 0 aliphatic carbocycles. The van der Waals surface area contributed by atoms with Crippen molar-refractivity contribution in [1.82, 2.24) is 9.88 Å². The first-order valence-corrected chi connectivity index (χ1v) is 10.1. The summed E-state index contributed by atoms with van der Waals surface area (Å²) in [5.41, 5.74) is 3.25. The van der Waals surface area contributed by atoms with E-state index < -0.39 is 0 Å². The van der Waals surface area contributed by atoms with Gasteiger partial charge in [0.25, 0.3) is 0 Å². The standard InChI is InChI=1S/C23H29N3O2/c1-3-21(4-2)28-22-9-5-7-19(16-22)15-18-10-13-26(14-11-18)23(27)25-20-8-6-12-24-17-20/h5-9,12,15-17,21H,3-4,10-11,13-14H2,1-2H3,(H,25,27). The van der Waals surface area contributed by atoms with Gasteiger partial charge in [-0.3, -0.25) is 4.98 Å². The average molecular weight is 380 g/mol. The number of urea groups is 1. The van der Waals surface area contributed by atoms with E-state index in [4.69, 9.17) is 4.74 Å². The number of piperidine rings is 1. The van der Waals surface area contributed by atoms with Gasteiger partial charge in [-0.2, -0.15) is 0 Å². The predicted molar refractivity (Wildman–Crippen MR) is 113 cm³/mol. The maximum absolute atomic E-state index is 12.4. The van der Waals surface area contributed by atoms with Crippen LogP contribution in [-0.4, -0.2) is 35.1 Å². The minimum atomic E-state index is -0.0624. The molecule has 1 N–H and O–H groups in total. The summed E-state index contributed by atoms with van der Waals surface area (Å²) in [4.78, 5) is 18.3. The van der Waals surface area contributed by atoms with Gasteiger partial charge < -0.3 is 15.0 Å². The molecule has 1 aromatic heterocycles. The Morgan fingerprint density at radius 3 is 2.68 bits per heavy atom. The summed E-state index contributed by atoms with van der Waals surface area (Å²) in [5, 5.41) is 2.90. The summed E-state index contributed by atoms with van der Waals surface area (Å²) in [6.45, 7) is 5.75. The van der Waals surface area contributed by atoms with Crippen molar-refractivity contribution < 1.29 is 9.53 Å². The summed E-state index contributed by atoms with van der Waals surface area (Å²) in [7, 11) is 0. The lowest BCUT2D eigenvalue weighted by molar-refractivity contribution is 0.193. The molecule has 0 radical (unpaired) electrons. The fourth-order valence-electron chi connectivity index (χ4n) is 3.34. The minimum absolute atomic E-state index is 0.0624. The van der Waals surface area contributed by atoms with Gasteiger partial charge in [0.05, 0.1) is 18.0 Å². The van der Waals surface area contributed by atoms with E-state index in [0.29, 0.717) is 0 Å². The van der Waals surface area contributed by atoms with Crippen LogP contribution < -0.4 is 10.1 Å². The minimum Gasteiger partial charge on any atom is -0.490 e.